The van der Waals surface area contributed by atoms with Crippen molar-refractivity contribution in [3.63, 3.8) is 0 Å². The Labute approximate surface area is 151 Å². The Morgan fingerprint density at radius 3 is 1.58 bits per heavy atom. The van der Waals surface area contributed by atoms with Gasteiger partial charge in [0, 0.05) is 0 Å². The van der Waals surface area contributed by atoms with Crippen molar-refractivity contribution < 1.29 is 8.85 Å². The van der Waals surface area contributed by atoms with Crippen LogP contribution in [0.2, 0.25) is 36.3 Å². The molecule has 0 aliphatic carbocycles. The maximum atomic E-state index is 6.59. The van der Waals surface area contributed by atoms with Crippen molar-refractivity contribution in [2.45, 2.75) is 77.8 Å². The molecule has 1 rings (SSSR count). The molecule has 0 saturated heterocycles. The van der Waals surface area contributed by atoms with Crippen LogP contribution in [0.4, 0.5) is 0 Å². The first kappa shape index (κ1) is 21.0. The Hall–Kier alpha value is -1.01. The van der Waals surface area contributed by atoms with Crippen molar-refractivity contribution >= 4 is 22.7 Å². The highest BCUT2D eigenvalue weighted by molar-refractivity contribution is 6.75. The van der Waals surface area contributed by atoms with E-state index in [2.05, 4.69) is 80.4 Å². The fraction of sp³-hybridized carbons (Fsp3) is 0.600. The van der Waals surface area contributed by atoms with Crippen LogP contribution >= 0.6 is 0 Å². The third kappa shape index (κ3) is 4.76. The summed E-state index contributed by atoms with van der Waals surface area (Å²) in [5.74, 6) is 1.74. The molecule has 1 aromatic carbocycles. The van der Waals surface area contributed by atoms with Crippen molar-refractivity contribution in [1.82, 2.24) is 0 Å². The maximum absolute atomic E-state index is 6.59. The summed E-state index contributed by atoms with van der Waals surface area (Å²) in [6.07, 6.45) is 1.86. The van der Waals surface area contributed by atoms with Crippen LogP contribution in [-0.4, -0.2) is 16.6 Å². The quantitative estimate of drug-likeness (QED) is 0.519. The second-order valence-electron chi connectivity index (χ2n) is 9.64. The molecule has 0 aliphatic rings. The lowest BCUT2D eigenvalue weighted by Crippen LogP contribution is -2.45. The fourth-order valence-electron chi connectivity index (χ4n) is 1.67. The zero-order valence-electron chi connectivity index (χ0n) is 17.3. The van der Waals surface area contributed by atoms with Gasteiger partial charge in [0.15, 0.2) is 0 Å². The summed E-state index contributed by atoms with van der Waals surface area (Å²) in [6.45, 7) is 26.5. The van der Waals surface area contributed by atoms with Gasteiger partial charge in [0.05, 0.1) is 0 Å². The molecule has 0 heterocycles. The van der Waals surface area contributed by atoms with E-state index in [4.69, 9.17) is 8.85 Å². The van der Waals surface area contributed by atoms with Gasteiger partial charge in [0.1, 0.15) is 11.5 Å². The Kier molecular flexibility index (Phi) is 5.89. The van der Waals surface area contributed by atoms with Gasteiger partial charge in [-0.05, 0) is 54.0 Å². The van der Waals surface area contributed by atoms with Gasteiger partial charge in [-0.25, -0.2) is 0 Å². The predicted octanol–water partition coefficient (Wildman–Crippen LogP) is 7.10. The van der Waals surface area contributed by atoms with Gasteiger partial charge in [-0.1, -0.05) is 60.3 Å². The minimum atomic E-state index is -1.93. The lowest BCUT2D eigenvalue weighted by Gasteiger charge is -2.39. The molecule has 0 N–H and O–H groups in total. The normalized spacial score (nSPS) is 13.6. The average molecular weight is 365 g/mol. The van der Waals surface area contributed by atoms with Crippen LogP contribution in [0, 0.1) is 0 Å². The molecular weight excluding hydrogens is 328 g/mol. The van der Waals surface area contributed by atoms with Gasteiger partial charge in [-0.2, -0.15) is 0 Å². The highest BCUT2D eigenvalue weighted by Gasteiger charge is 2.42. The molecular formula is C20H36O2Si2. The molecule has 0 unspecified atom stereocenters. The number of hydrogen-bond donors (Lipinski definition) is 0. The van der Waals surface area contributed by atoms with Crippen molar-refractivity contribution in [1.29, 1.82) is 0 Å². The lowest BCUT2D eigenvalue weighted by molar-refractivity contribution is 0.440. The van der Waals surface area contributed by atoms with Gasteiger partial charge in [0.25, 0.3) is 16.6 Å². The lowest BCUT2D eigenvalue weighted by atomic mass is 10.2. The Morgan fingerprint density at radius 2 is 1.21 bits per heavy atom. The molecule has 24 heavy (non-hydrogen) atoms. The second-order valence-corrected chi connectivity index (χ2v) is 19.1. The summed E-state index contributed by atoms with van der Waals surface area (Å²) in [6, 6.07) is 6.16. The van der Waals surface area contributed by atoms with Crippen molar-refractivity contribution in [2.75, 3.05) is 0 Å². The molecule has 0 aliphatic heterocycles. The minimum absolute atomic E-state index is 0.144. The molecule has 1 aromatic rings. The molecule has 0 atom stereocenters. The summed E-state index contributed by atoms with van der Waals surface area (Å²) < 4.78 is 13.1. The standard InChI is InChI=1S/C20H36O2Si2/c1-12-16-13-14-17(21-23(8,9)19(2,3)4)18(15-16)22-24(10,11)20(5,6)7/h12-15H,1H2,2-11H3. The van der Waals surface area contributed by atoms with Gasteiger partial charge < -0.3 is 8.85 Å². The first-order valence-electron chi connectivity index (χ1n) is 8.75. The van der Waals surface area contributed by atoms with Gasteiger partial charge in [-0.15, -0.1) is 0 Å². The average Bonchev–Trinajstić information content (AvgIpc) is 2.37. The summed E-state index contributed by atoms with van der Waals surface area (Å²) >= 11 is 0. The van der Waals surface area contributed by atoms with E-state index in [0.717, 1.165) is 17.1 Å². The monoisotopic (exact) mass is 364 g/mol. The van der Waals surface area contributed by atoms with E-state index in [1.54, 1.807) is 0 Å². The Bertz CT molecular complexity index is 591. The van der Waals surface area contributed by atoms with Gasteiger partial charge in [-0.3, -0.25) is 0 Å². The van der Waals surface area contributed by atoms with Gasteiger partial charge in [0.2, 0.25) is 0 Å². The second kappa shape index (κ2) is 6.72. The zero-order valence-corrected chi connectivity index (χ0v) is 19.3. The molecule has 0 radical (unpaired) electrons. The molecule has 2 nitrogen and oxygen atoms in total. The summed E-state index contributed by atoms with van der Waals surface area (Å²) in [5, 5.41) is 0.295. The van der Waals surface area contributed by atoms with Crippen LogP contribution in [0.3, 0.4) is 0 Å². The summed E-state index contributed by atoms with van der Waals surface area (Å²) in [7, 11) is -3.85. The van der Waals surface area contributed by atoms with Crippen LogP contribution in [0.25, 0.3) is 6.08 Å². The number of hydrogen-bond acceptors (Lipinski definition) is 2. The predicted molar refractivity (Wildman–Crippen MR) is 112 cm³/mol. The van der Waals surface area contributed by atoms with E-state index in [1.165, 1.54) is 0 Å². The highest BCUT2D eigenvalue weighted by atomic mass is 28.4. The molecule has 0 bridgehead atoms. The number of benzene rings is 1. The van der Waals surface area contributed by atoms with Crippen LogP contribution in [0.5, 0.6) is 11.5 Å². The molecule has 0 amide bonds. The van der Waals surface area contributed by atoms with Gasteiger partial charge >= 0.3 is 0 Å². The van der Waals surface area contributed by atoms with E-state index in [1.807, 2.05) is 18.2 Å². The first-order chi connectivity index (χ1) is 10.6. The molecule has 4 heteroatoms. The van der Waals surface area contributed by atoms with Crippen LogP contribution in [0.15, 0.2) is 24.8 Å². The first-order valence-corrected chi connectivity index (χ1v) is 14.6. The summed E-state index contributed by atoms with van der Waals surface area (Å²) in [4.78, 5) is 0. The van der Waals surface area contributed by atoms with Crippen molar-refractivity contribution in [3.8, 4) is 11.5 Å². The third-order valence-electron chi connectivity index (χ3n) is 5.55. The van der Waals surface area contributed by atoms with E-state index >= 15 is 0 Å². The maximum Gasteiger partial charge on any atom is 0.250 e. The van der Waals surface area contributed by atoms with Crippen LogP contribution < -0.4 is 8.85 Å². The highest BCUT2D eigenvalue weighted by Crippen LogP contribution is 2.43. The minimum Gasteiger partial charge on any atom is -0.541 e. The SMILES string of the molecule is C=Cc1ccc(O[Si](C)(C)C(C)(C)C)c(O[Si](C)(C)C(C)(C)C)c1. The fourth-order valence-corrected chi connectivity index (χ4v) is 3.71. The molecule has 0 saturated carbocycles. The zero-order chi connectivity index (χ0) is 19.0. The van der Waals surface area contributed by atoms with E-state index in [0.29, 0.717) is 0 Å². The van der Waals surface area contributed by atoms with Crippen molar-refractivity contribution in [2.24, 2.45) is 0 Å². The molecule has 0 fully saturated rings. The largest absolute Gasteiger partial charge is 0.541 e. The Morgan fingerprint density at radius 1 is 0.792 bits per heavy atom. The van der Waals surface area contributed by atoms with E-state index < -0.39 is 16.6 Å². The van der Waals surface area contributed by atoms with E-state index in [-0.39, 0.29) is 10.1 Å². The summed E-state index contributed by atoms with van der Waals surface area (Å²) in [5.41, 5.74) is 1.06. The van der Waals surface area contributed by atoms with Crippen molar-refractivity contribution in [3.05, 3.63) is 30.3 Å². The topological polar surface area (TPSA) is 18.5 Å². The smallest absolute Gasteiger partial charge is 0.250 e. The van der Waals surface area contributed by atoms with E-state index in [9.17, 15) is 0 Å². The van der Waals surface area contributed by atoms with Crippen LogP contribution in [0.1, 0.15) is 47.1 Å². The number of rotatable bonds is 5. The molecule has 136 valence electrons. The van der Waals surface area contributed by atoms with Crippen LogP contribution in [-0.2, 0) is 0 Å². The molecule has 0 aromatic heterocycles. The Balaban J connectivity index is 3.31. The molecule has 0 spiro atoms. The third-order valence-corrected chi connectivity index (χ3v) is 14.2.